The first-order valence-electron chi connectivity index (χ1n) is 5.88. The van der Waals surface area contributed by atoms with Crippen LogP contribution in [0.4, 0.5) is 0 Å². The van der Waals surface area contributed by atoms with Crippen molar-refractivity contribution in [3.63, 3.8) is 0 Å². The molecule has 2 aliphatic rings. The number of ether oxygens (including phenoxy) is 2. The Morgan fingerprint density at radius 2 is 2.12 bits per heavy atom. The highest BCUT2D eigenvalue weighted by Gasteiger charge is 2.50. The summed E-state index contributed by atoms with van der Waals surface area (Å²) in [5.41, 5.74) is -0.644. The van der Waals surface area contributed by atoms with E-state index < -0.39 is 17.3 Å². The van der Waals surface area contributed by atoms with E-state index in [4.69, 9.17) is 9.47 Å². The van der Waals surface area contributed by atoms with Gasteiger partial charge in [0.2, 0.25) is 0 Å². The minimum Gasteiger partial charge on any atom is -0.389 e. The van der Waals surface area contributed by atoms with Gasteiger partial charge in [-0.25, -0.2) is 0 Å². The SMILES string of the molecule is CC1(C)OC[C@H]([C@@H](O)[C@@]2(C)CCCC2=O)O1. The van der Waals surface area contributed by atoms with Crippen molar-refractivity contribution in [2.24, 2.45) is 5.41 Å². The van der Waals surface area contributed by atoms with E-state index in [-0.39, 0.29) is 11.9 Å². The Labute approximate surface area is 95.9 Å². The number of carbonyl (C=O) groups excluding carboxylic acids is 1. The number of carbonyl (C=O) groups is 1. The van der Waals surface area contributed by atoms with Crippen molar-refractivity contribution in [2.75, 3.05) is 6.61 Å². The largest absolute Gasteiger partial charge is 0.389 e. The van der Waals surface area contributed by atoms with E-state index in [1.807, 2.05) is 20.8 Å². The molecule has 2 fully saturated rings. The van der Waals surface area contributed by atoms with Crippen molar-refractivity contribution in [3.05, 3.63) is 0 Å². The molecule has 1 saturated carbocycles. The molecule has 2 rings (SSSR count). The molecule has 1 N–H and O–H groups in total. The van der Waals surface area contributed by atoms with Gasteiger partial charge in [-0.1, -0.05) is 6.92 Å². The van der Waals surface area contributed by atoms with E-state index in [9.17, 15) is 9.90 Å². The number of hydrogen-bond donors (Lipinski definition) is 1. The third-order valence-electron chi connectivity index (χ3n) is 3.77. The maximum Gasteiger partial charge on any atom is 0.163 e. The van der Waals surface area contributed by atoms with Gasteiger partial charge in [-0.15, -0.1) is 0 Å². The predicted molar refractivity (Wildman–Crippen MR) is 57.9 cm³/mol. The smallest absolute Gasteiger partial charge is 0.163 e. The van der Waals surface area contributed by atoms with Gasteiger partial charge < -0.3 is 14.6 Å². The first kappa shape index (κ1) is 12.0. The zero-order chi connectivity index (χ0) is 12.0. The van der Waals surface area contributed by atoms with Crippen molar-refractivity contribution in [1.29, 1.82) is 0 Å². The Kier molecular flexibility index (Phi) is 2.85. The van der Waals surface area contributed by atoms with E-state index in [1.54, 1.807) is 0 Å². The van der Waals surface area contributed by atoms with E-state index in [2.05, 4.69) is 0 Å². The molecule has 4 heteroatoms. The lowest BCUT2D eigenvalue weighted by molar-refractivity contribution is -0.165. The zero-order valence-corrected chi connectivity index (χ0v) is 10.2. The molecule has 0 spiro atoms. The maximum absolute atomic E-state index is 11.8. The summed E-state index contributed by atoms with van der Waals surface area (Å²) in [5.74, 6) is -0.503. The highest BCUT2D eigenvalue weighted by atomic mass is 16.7. The van der Waals surface area contributed by atoms with Crippen LogP contribution in [0.1, 0.15) is 40.0 Å². The minimum atomic E-state index is -0.760. The molecule has 1 aliphatic heterocycles. The van der Waals surface area contributed by atoms with Crippen LogP contribution >= 0.6 is 0 Å². The molecule has 0 radical (unpaired) electrons. The van der Waals surface area contributed by atoms with Crippen LogP contribution in [0.25, 0.3) is 0 Å². The van der Waals surface area contributed by atoms with Crippen molar-refractivity contribution in [3.8, 4) is 0 Å². The summed E-state index contributed by atoms with van der Waals surface area (Å²) >= 11 is 0. The van der Waals surface area contributed by atoms with Crippen LogP contribution in [-0.2, 0) is 14.3 Å². The Morgan fingerprint density at radius 3 is 2.56 bits per heavy atom. The monoisotopic (exact) mass is 228 g/mol. The number of aliphatic hydroxyl groups excluding tert-OH is 1. The van der Waals surface area contributed by atoms with Crippen LogP contribution in [0, 0.1) is 5.41 Å². The van der Waals surface area contributed by atoms with Gasteiger partial charge in [0.05, 0.1) is 18.1 Å². The highest BCUT2D eigenvalue weighted by molar-refractivity contribution is 5.87. The maximum atomic E-state index is 11.8. The topological polar surface area (TPSA) is 55.8 Å². The average Bonchev–Trinajstić information content (AvgIpc) is 2.71. The average molecular weight is 228 g/mol. The second kappa shape index (κ2) is 3.79. The predicted octanol–water partition coefficient (Wildman–Crippen LogP) is 1.26. The molecule has 0 aromatic rings. The summed E-state index contributed by atoms with van der Waals surface area (Å²) in [6, 6.07) is 0. The fourth-order valence-corrected chi connectivity index (χ4v) is 2.64. The van der Waals surface area contributed by atoms with E-state index in [1.165, 1.54) is 0 Å². The minimum absolute atomic E-state index is 0.147. The summed E-state index contributed by atoms with van der Waals surface area (Å²) in [6.07, 6.45) is 1.03. The Hall–Kier alpha value is -0.450. The normalized spacial score (nSPS) is 40.2. The van der Waals surface area contributed by atoms with Crippen molar-refractivity contribution in [2.45, 2.75) is 58.0 Å². The Morgan fingerprint density at radius 1 is 1.44 bits per heavy atom. The second-order valence-electron chi connectivity index (χ2n) is 5.51. The van der Waals surface area contributed by atoms with Crippen molar-refractivity contribution in [1.82, 2.24) is 0 Å². The molecule has 0 bridgehead atoms. The fourth-order valence-electron chi connectivity index (χ4n) is 2.64. The van der Waals surface area contributed by atoms with Crippen molar-refractivity contribution >= 4 is 5.78 Å². The van der Waals surface area contributed by atoms with Crippen LogP contribution in [0.2, 0.25) is 0 Å². The molecule has 0 aromatic carbocycles. The molecule has 1 aliphatic carbocycles. The summed E-state index contributed by atoms with van der Waals surface area (Å²) in [7, 11) is 0. The van der Waals surface area contributed by atoms with Crippen LogP contribution < -0.4 is 0 Å². The standard InChI is InChI=1S/C12H20O4/c1-11(2)15-7-8(16-11)10(14)12(3)6-4-5-9(12)13/h8,10,14H,4-7H2,1-3H3/t8-,10-,12+/m1/s1. The summed E-state index contributed by atoms with van der Waals surface area (Å²) in [4.78, 5) is 11.8. The zero-order valence-electron chi connectivity index (χ0n) is 10.2. The molecular weight excluding hydrogens is 208 g/mol. The number of hydrogen-bond acceptors (Lipinski definition) is 4. The van der Waals surface area contributed by atoms with Gasteiger partial charge in [0.1, 0.15) is 11.9 Å². The summed E-state index contributed by atoms with van der Waals surface area (Å²) in [6.45, 7) is 5.83. The van der Waals surface area contributed by atoms with E-state index in [0.29, 0.717) is 13.0 Å². The van der Waals surface area contributed by atoms with Gasteiger partial charge in [-0.2, -0.15) is 0 Å². The molecule has 0 amide bonds. The lowest BCUT2D eigenvalue weighted by Gasteiger charge is -2.32. The molecule has 1 saturated heterocycles. The third kappa shape index (κ3) is 1.90. The Balaban J connectivity index is 2.08. The molecule has 4 nitrogen and oxygen atoms in total. The number of aliphatic hydroxyl groups is 1. The van der Waals surface area contributed by atoms with Gasteiger partial charge in [-0.3, -0.25) is 4.79 Å². The quantitative estimate of drug-likeness (QED) is 0.773. The molecular formula is C12H20O4. The fraction of sp³-hybridized carbons (Fsp3) is 0.917. The van der Waals surface area contributed by atoms with Crippen LogP contribution in [-0.4, -0.2) is 35.5 Å². The first-order chi connectivity index (χ1) is 7.35. The van der Waals surface area contributed by atoms with Gasteiger partial charge in [0, 0.05) is 6.42 Å². The molecule has 92 valence electrons. The first-order valence-corrected chi connectivity index (χ1v) is 5.88. The van der Waals surface area contributed by atoms with Gasteiger partial charge >= 0.3 is 0 Å². The van der Waals surface area contributed by atoms with Gasteiger partial charge in [0.25, 0.3) is 0 Å². The number of rotatable bonds is 2. The van der Waals surface area contributed by atoms with Crippen LogP contribution in [0.5, 0.6) is 0 Å². The molecule has 1 heterocycles. The van der Waals surface area contributed by atoms with E-state index in [0.717, 1.165) is 12.8 Å². The van der Waals surface area contributed by atoms with Crippen molar-refractivity contribution < 1.29 is 19.4 Å². The molecule has 0 aromatic heterocycles. The third-order valence-corrected chi connectivity index (χ3v) is 3.77. The lowest BCUT2D eigenvalue weighted by atomic mass is 9.79. The van der Waals surface area contributed by atoms with E-state index >= 15 is 0 Å². The second-order valence-corrected chi connectivity index (χ2v) is 5.51. The summed E-state index contributed by atoms with van der Waals surface area (Å²) in [5, 5.41) is 10.3. The number of ketones is 1. The molecule has 16 heavy (non-hydrogen) atoms. The van der Waals surface area contributed by atoms with Gasteiger partial charge in [0.15, 0.2) is 5.79 Å². The van der Waals surface area contributed by atoms with Crippen LogP contribution in [0.3, 0.4) is 0 Å². The summed E-state index contributed by atoms with van der Waals surface area (Å²) < 4.78 is 11.0. The molecule has 0 unspecified atom stereocenters. The highest BCUT2D eigenvalue weighted by Crippen LogP contribution is 2.41. The van der Waals surface area contributed by atoms with Crippen LogP contribution in [0.15, 0.2) is 0 Å². The number of Topliss-reactive ketones (excluding diaryl/α,β-unsaturated/α-hetero) is 1. The van der Waals surface area contributed by atoms with Gasteiger partial charge in [-0.05, 0) is 26.7 Å². The molecule has 3 atom stereocenters. The Bertz CT molecular complexity index is 299. The lowest BCUT2D eigenvalue weighted by Crippen LogP contribution is -2.45.